The normalized spacial score (nSPS) is 12.6. The van der Waals surface area contributed by atoms with Gasteiger partial charge in [0.05, 0.1) is 5.69 Å². The van der Waals surface area contributed by atoms with Gasteiger partial charge in [-0.2, -0.15) is 5.10 Å². The summed E-state index contributed by atoms with van der Waals surface area (Å²) in [5.74, 6) is 0. The maximum absolute atomic E-state index is 4.39. The van der Waals surface area contributed by atoms with E-state index in [0.29, 0.717) is 6.04 Å². The van der Waals surface area contributed by atoms with Crippen molar-refractivity contribution in [2.24, 2.45) is 0 Å². The van der Waals surface area contributed by atoms with E-state index in [9.17, 15) is 0 Å². The molecule has 1 heterocycles. The molecule has 0 saturated heterocycles. The van der Waals surface area contributed by atoms with Crippen molar-refractivity contribution in [1.82, 2.24) is 15.1 Å². The van der Waals surface area contributed by atoms with E-state index in [2.05, 4.69) is 66.2 Å². The van der Waals surface area contributed by atoms with Gasteiger partial charge in [-0.05, 0) is 37.6 Å². The lowest BCUT2D eigenvalue weighted by Crippen LogP contribution is -2.17. The zero-order valence-electron chi connectivity index (χ0n) is 12.1. The molecule has 1 aromatic carbocycles. The minimum atomic E-state index is 0.382. The first-order chi connectivity index (χ1) is 9.26. The zero-order valence-corrected chi connectivity index (χ0v) is 12.1. The van der Waals surface area contributed by atoms with Crippen LogP contribution in [0, 0.1) is 0 Å². The van der Waals surface area contributed by atoms with Gasteiger partial charge >= 0.3 is 0 Å². The molecule has 0 saturated carbocycles. The van der Waals surface area contributed by atoms with Crippen LogP contribution in [0.4, 0.5) is 0 Å². The number of hydrogen-bond donors (Lipinski definition) is 1. The second kappa shape index (κ2) is 6.53. The Morgan fingerprint density at radius 1 is 1.26 bits per heavy atom. The number of hydrogen-bond acceptors (Lipinski definition) is 2. The standard InChI is InChI=1S/C16H23N3/c1-4-11-19-16(9-10-18-19)15-8-6-7-14(12-15)13(3)17-5-2/h6-10,12-13,17H,4-5,11H2,1-3H3. The predicted molar refractivity (Wildman–Crippen MR) is 80.0 cm³/mol. The maximum atomic E-state index is 4.39. The first-order valence-electron chi connectivity index (χ1n) is 7.11. The van der Waals surface area contributed by atoms with Crippen molar-refractivity contribution in [1.29, 1.82) is 0 Å². The molecule has 0 aliphatic carbocycles. The van der Waals surface area contributed by atoms with Gasteiger partial charge in [-0.1, -0.05) is 32.0 Å². The number of nitrogens with zero attached hydrogens (tertiary/aromatic N) is 2. The molecule has 0 bridgehead atoms. The molecular weight excluding hydrogens is 234 g/mol. The van der Waals surface area contributed by atoms with E-state index in [1.807, 2.05) is 6.20 Å². The summed E-state index contributed by atoms with van der Waals surface area (Å²) in [7, 11) is 0. The summed E-state index contributed by atoms with van der Waals surface area (Å²) in [6, 6.07) is 11.2. The summed E-state index contributed by atoms with van der Waals surface area (Å²) in [4.78, 5) is 0. The van der Waals surface area contributed by atoms with Crippen LogP contribution < -0.4 is 5.32 Å². The summed E-state index contributed by atoms with van der Waals surface area (Å²) in [5.41, 5.74) is 3.77. The van der Waals surface area contributed by atoms with Gasteiger partial charge in [0, 0.05) is 24.3 Å². The fourth-order valence-corrected chi connectivity index (χ4v) is 2.36. The monoisotopic (exact) mass is 257 g/mol. The van der Waals surface area contributed by atoms with Gasteiger partial charge in [-0.15, -0.1) is 0 Å². The molecule has 102 valence electrons. The van der Waals surface area contributed by atoms with Crippen molar-refractivity contribution < 1.29 is 0 Å². The highest BCUT2D eigenvalue weighted by Crippen LogP contribution is 2.23. The molecule has 2 aromatic rings. The molecule has 0 aliphatic rings. The van der Waals surface area contributed by atoms with E-state index < -0.39 is 0 Å². The molecule has 0 amide bonds. The Bertz CT molecular complexity index is 516. The largest absolute Gasteiger partial charge is 0.310 e. The van der Waals surface area contributed by atoms with Crippen molar-refractivity contribution in [3.05, 3.63) is 42.1 Å². The Kier molecular flexibility index (Phi) is 4.74. The van der Waals surface area contributed by atoms with E-state index in [-0.39, 0.29) is 0 Å². The van der Waals surface area contributed by atoms with Crippen LogP contribution in [0.15, 0.2) is 36.5 Å². The average Bonchev–Trinajstić information content (AvgIpc) is 2.88. The van der Waals surface area contributed by atoms with Crippen LogP contribution in [0.2, 0.25) is 0 Å². The average molecular weight is 257 g/mol. The van der Waals surface area contributed by atoms with Gasteiger partial charge in [0.1, 0.15) is 0 Å². The molecule has 0 fully saturated rings. The first kappa shape index (κ1) is 13.8. The molecule has 1 atom stereocenters. The number of rotatable bonds is 6. The van der Waals surface area contributed by atoms with Crippen LogP contribution in [-0.4, -0.2) is 16.3 Å². The molecule has 0 spiro atoms. The molecule has 3 heteroatoms. The minimum Gasteiger partial charge on any atom is -0.310 e. The third kappa shape index (κ3) is 3.24. The Morgan fingerprint density at radius 2 is 2.11 bits per heavy atom. The molecule has 2 rings (SSSR count). The van der Waals surface area contributed by atoms with Crippen molar-refractivity contribution in [3.63, 3.8) is 0 Å². The Labute approximate surface area is 115 Å². The van der Waals surface area contributed by atoms with Gasteiger partial charge in [0.15, 0.2) is 0 Å². The van der Waals surface area contributed by atoms with Gasteiger partial charge in [-0.25, -0.2) is 0 Å². The summed E-state index contributed by atoms with van der Waals surface area (Å²) in [6.07, 6.45) is 2.98. The maximum Gasteiger partial charge on any atom is 0.0682 e. The molecule has 1 N–H and O–H groups in total. The summed E-state index contributed by atoms with van der Waals surface area (Å²) in [5, 5.41) is 7.85. The fraction of sp³-hybridized carbons (Fsp3) is 0.438. The first-order valence-corrected chi connectivity index (χ1v) is 7.11. The highest BCUT2D eigenvalue weighted by atomic mass is 15.3. The third-order valence-corrected chi connectivity index (χ3v) is 3.34. The lowest BCUT2D eigenvalue weighted by Gasteiger charge is -2.14. The van der Waals surface area contributed by atoms with Crippen LogP contribution in [0.1, 0.15) is 38.8 Å². The molecule has 0 aliphatic heterocycles. The smallest absolute Gasteiger partial charge is 0.0682 e. The predicted octanol–water partition coefficient (Wildman–Crippen LogP) is 3.63. The zero-order chi connectivity index (χ0) is 13.7. The summed E-state index contributed by atoms with van der Waals surface area (Å²) >= 11 is 0. The topological polar surface area (TPSA) is 29.9 Å². The van der Waals surface area contributed by atoms with Gasteiger partial charge in [0.2, 0.25) is 0 Å². The van der Waals surface area contributed by atoms with Crippen molar-refractivity contribution in [3.8, 4) is 11.3 Å². The van der Waals surface area contributed by atoms with Crippen molar-refractivity contribution in [2.45, 2.75) is 39.8 Å². The molecule has 3 nitrogen and oxygen atoms in total. The van der Waals surface area contributed by atoms with Gasteiger partial charge in [-0.3, -0.25) is 4.68 Å². The van der Waals surface area contributed by atoms with Crippen LogP contribution in [0.3, 0.4) is 0 Å². The Hall–Kier alpha value is -1.61. The van der Waals surface area contributed by atoms with Crippen LogP contribution in [0.25, 0.3) is 11.3 Å². The summed E-state index contributed by atoms with van der Waals surface area (Å²) in [6.45, 7) is 8.46. The number of aromatic nitrogens is 2. The fourth-order valence-electron chi connectivity index (χ4n) is 2.36. The SMILES string of the molecule is CCCn1nccc1-c1cccc(C(C)NCC)c1. The molecule has 1 aromatic heterocycles. The summed E-state index contributed by atoms with van der Waals surface area (Å²) < 4.78 is 2.08. The third-order valence-electron chi connectivity index (χ3n) is 3.34. The quantitative estimate of drug-likeness (QED) is 0.856. The second-order valence-electron chi connectivity index (χ2n) is 4.84. The molecule has 19 heavy (non-hydrogen) atoms. The Morgan fingerprint density at radius 3 is 2.84 bits per heavy atom. The number of benzene rings is 1. The number of nitrogens with one attached hydrogen (secondary N) is 1. The van der Waals surface area contributed by atoms with E-state index in [0.717, 1.165) is 19.5 Å². The van der Waals surface area contributed by atoms with E-state index >= 15 is 0 Å². The van der Waals surface area contributed by atoms with E-state index in [4.69, 9.17) is 0 Å². The van der Waals surface area contributed by atoms with Crippen molar-refractivity contribution in [2.75, 3.05) is 6.54 Å². The van der Waals surface area contributed by atoms with Crippen molar-refractivity contribution >= 4 is 0 Å². The second-order valence-corrected chi connectivity index (χ2v) is 4.84. The molecule has 1 unspecified atom stereocenters. The van der Waals surface area contributed by atoms with Crippen LogP contribution in [-0.2, 0) is 6.54 Å². The van der Waals surface area contributed by atoms with E-state index in [1.165, 1.54) is 16.8 Å². The lowest BCUT2D eigenvalue weighted by molar-refractivity contribution is 0.597. The highest BCUT2D eigenvalue weighted by molar-refractivity contribution is 5.60. The molecule has 0 radical (unpaired) electrons. The number of aryl methyl sites for hydroxylation is 1. The minimum absolute atomic E-state index is 0.382. The van der Waals surface area contributed by atoms with Gasteiger partial charge in [0.25, 0.3) is 0 Å². The van der Waals surface area contributed by atoms with Crippen LogP contribution >= 0.6 is 0 Å². The molecular formula is C16H23N3. The van der Waals surface area contributed by atoms with E-state index in [1.54, 1.807) is 0 Å². The highest BCUT2D eigenvalue weighted by Gasteiger charge is 2.08. The lowest BCUT2D eigenvalue weighted by atomic mass is 10.0. The van der Waals surface area contributed by atoms with Crippen LogP contribution in [0.5, 0.6) is 0 Å². The van der Waals surface area contributed by atoms with Gasteiger partial charge < -0.3 is 5.32 Å². The Balaban J connectivity index is 2.29.